The van der Waals surface area contributed by atoms with E-state index in [2.05, 4.69) is 93.7 Å². The Balaban J connectivity index is 4.40. The summed E-state index contributed by atoms with van der Waals surface area (Å²) >= 11 is 0. The van der Waals surface area contributed by atoms with Crippen LogP contribution in [0.15, 0.2) is 72.9 Å². The van der Waals surface area contributed by atoms with Crippen LogP contribution in [-0.4, -0.2) is 37.2 Å². The number of unbranched alkanes of at least 4 members (excludes halogenated alkanes) is 30. The van der Waals surface area contributed by atoms with Gasteiger partial charge in [-0.05, 0) is 83.5 Å². The normalized spacial score (nSPS) is 12.6. The molecule has 0 aromatic rings. The SMILES string of the molecule is CC/C=C\C/C=C\C/C=C\C/C=C\CCCCCC(=O)OC(COC(=O)CCCCCCCCCCCC/C=C\C=C/CCCCC)COC(=O)CCCCCCCCCCCCCCCCC. The van der Waals surface area contributed by atoms with Crippen LogP contribution in [0.4, 0.5) is 0 Å². The number of esters is 3. The maximum atomic E-state index is 12.8. The summed E-state index contributed by atoms with van der Waals surface area (Å²) in [5, 5.41) is 0. The molecule has 0 fully saturated rings. The lowest BCUT2D eigenvalue weighted by molar-refractivity contribution is -0.167. The average molecular weight is 950 g/mol. The Kier molecular flexibility index (Phi) is 53.8. The molecule has 0 aliphatic heterocycles. The molecule has 0 heterocycles. The fourth-order valence-corrected chi connectivity index (χ4v) is 8.13. The first-order valence-corrected chi connectivity index (χ1v) is 29.0. The van der Waals surface area contributed by atoms with E-state index < -0.39 is 6.10 Å². The zero-order valence-electron chi connectivity index (χ0n) is 44.9. The van der Waals surface area contributed by atoms with Gasteiger partial charge in [0.25, 0.3) is 0 Å². The molecule has 0 aliphatic rings. The van der Waals surface area contributed by atoms with Crippen molar-refractivity contribution in [3.05, 3.63) is 72.9 Å². The zero-order chi connectivity index (χ0) is 49.3. The van der Waals surface area contributed by atoms with Gasteiger partial charge in [-0.3, -0.25) is 14.4 Å². The highest BCUT2D eigenvalue weighted by Gasteiger charge is 2.19. The van der Waals surface area contributed by atoms with Crippen molar-refractivity contribution in [2.75, 3.05) is 13.2 Å². The van der Waals surface area contributed by atoms with Crippen molar-refractivity contribution in [3.8, 4) is 0 Å². The topological polar surface area (TPSA) is 78.9 Å². The smallest absolute Gasteiger partial charge is 0.306 e. The molecule has 0 N–H and O–H groups in total. The molecular formula is C62H108O6. The van der Waals surface area contributed by atoms with Gasteiger partial charge in [0.15, 0.2) is 6.10 Å². The third-order valence-corrected chi connectivity index (χ3v) is 12.5. The van der Waals surface area contributed by atoms with Crippen LogP contribution >= 0.6 is 0 Å². The maximum Gasteiger partial charge on any atom is 0.306 e. The number of ether oxygens (including phenoxy) is 3. The van der Waals surface area contributed by atoms with E-state index in [1.165, 1.54) is 154 Å². The summed E-state index contributed by atoms with van der Waals surface area (Å²) in [5.41, 5.74) is 0. The largest absolute Gasteiger partial charge is 0.462 e. The van der Waals surface area contributed by atoms with Crippen LogP contribution in [0.5, 0.6) is 0 Å². The molecule has 0 bridgehead atoms. The minimum atomic E-state index is -0.792. The minimum Gasteiger partial charge on any atom is -0.462 e. The van der Waals surface area contributed by atoms with Gasteiger partial charge in [-0.1, -0.05) is 254 Å². The summed E-state index contributed by atoms with van der Waals surface area (Å²) in [7, 11) is 0. The number of carbonyl (C=O) groups is 3. The Labute approximate surface area is 421 Å². The van der Waals surface area contributed by atoms with E-state index >= 15 is 0 Å². The Morgan fingerprint density at radius 2 is 0.618 bits per heavy atom. The first-order chi connectivity index (χ1) is 33.5. The second-order valence-corrected chi connectivity index (χ2v) is 19.2. The van der Waals surface area contributed by atoms with Gasteiger partial charge in [0.2, 0.25) is 0 Å². The fourth-order valence-electron chi connectivity index (χ4n) is 8.13. The highest BCUT2D eigenvalue weighted by atomic mass is 16.6. The van der Waals surface area contributed by atoms with Gasteiger partial charge in [0.1, 0.15) is 13.2 Å². The van der Waals surface area contributed by atoms with Gasteiger partial charge in [0.05, 0.1) is 0 Å². The molecular weight excluding hydrogens is 841 g/mol. The predicted molar refractivity (Wildman–Crippen MR) is 293 cm³/mol. The van der Waals surface area contributed by atoms with E-state index in [0.29, 0.717) is 19.3 Å². The van der Waals surface area contributed by atoms with Gasteiger partial charge < -0.3 is 14.2 Å². The molecule has 0 saturated carbocycles. The average Bonchev–Trinajstić information content (AvgIpc) is 3.34. The molecule has 0 aromatic heterocycles. The number of allylic oxidation sites excluding steroid dienone is 12. The summed E-state index contributed by atoms with van der Waals surface area (Å²) in [6.07, 6.45) is 71.7. The van der Waals surface area contributed by atoms with E-state index in [0.717, 1.165) is 89.9 Å². The summed E-state index contributed by atoms with van der Waals surface area (Å²) < 4.78 is 16.9. The Hall–Kier alpha value is -3.15. The second kappa shape index (κ2) is 56.4. The molecule has 392 valence electrons. The third kappa shape index (κ3) is 53.8. The summed E-state index contributed by atoms with van der Waals surface area (Å²) in [6, 6.07) is 0. The lowest BCUT2D eigenvalue weighted by Crippen LogP contribution is -2.30. The molecule has 6 heteroatoms. The molecule has 0 rings (SSSR count). The van der Waals surface area contributed by atoms with Gasteiger partial charge in [-0.15, -0.1) is 0 Å². The lowest BCUT2D eigenvalue weighted by atomic mass is 10.0. The zero-order valence-corrected chi connectivity index (χ0v) is 44.9. The van der Waals surface area contributed by atoms with Gasteiger partial charge in [0, 0.05) is 19.3 Å². The van der Waals surface area contributed by atoms with Crippen molar-refractivity contribution in [1.82, 2.24) is 0 Å². The van der Waals surface area contributed by atoms with Crippen LogP contribution in [0.3, 0.4) is 0 Å². The maximum absolute atomic E-state index is 12.8. The summed E-state index contributed by atoms with van der Waals surface area (Å²) in [4.78, 5) is 38.2. The van der Waals surface area contributed by atoms with Crippen LogP contribution in [-0.2, 0) is 28.6 Å². The molecule has 68 heavy (non-hydrogen) atoms. The highest BCUT2D eigenvalue weighted by molar-refractivity contribution is 5.71. The van der Waals surface area contributed by atoms with Crippen LogP contribution < -0.4 is 0 Å². The first-order valence-electron chi connectivity index (χ1n) is 29.0. The van der Waals surface area contributed by atoms with Gasteiger partial charge in [-0.2, -0.15) is 0 Å². The molecule has 0 saturated heterocycles. The first kappa shape index (κ1) is 64.8. The van der Waals surface area contributed by atoms with E-state index in [1.807, 2.05) is 0 Å². The van der Waals surface area contributed by atoms with E-state index in [9.17, 15) is 14.4 Å². The quantitative estimate of drug-likeness (QED) is 0.0199. The number of rotatable bonds is 52. The van der Waals surface area contributed by atoms with Crippen molar-refractivity contribution in [3.63, 3.8) is 0 Å². The second-order valence-electron chi connectivity index (χ2n) is 19.2. The molecule has 0 spiro atoms. The van der Waals surface area contributed by atoms with E-state index in [-0.39, 0.29) is 31.1 Å². The fraction of sp³-hybridized carbons (Fsp3) is 0.758. The van der Waals surface area contributed by atoms with Crippen LogP contribution in [0.2, 0.25) is 0 Å². The Morgan fingerprint density at radius 1 is 0.324 bits per heavy atom. The monoisotopic (exact) mass is 949 g/mol. The molecule has 1 unspecified atom stereocenters. The van der Waals surface area contributed by atoms with Gasteiger partial charge in [-0.25, -0.2) is 0 Å². The molecule has 0 amide bonds. The van der Waals surface area contributed by atoms with Crippen molar-refractivity contribution in [1.29, 1.82) is 0 Å². The molecule has 1 atom stereocenters. The molecule has 6 nitrogen and oxygen atoms in total. The van der Waals surface area contributed by atoms with E-state index in [1.54, 1.807) is 0 Å². The van der Waals surface area contributed by atoms with E-state index in [4.69, 9.17) is 14.2 Å². The molecule has 0 aromatic carbocycles. The predicted octanol–water partition coefficient (Wildman–Crippen LogP) is 19.4. The Morgan fingerprint density at radius 3 is 1.03 bits per heavy atom. The van der Waals surface area contributed by atoms with Crippen molar-refractivity contribution in [2.45, 2.75) is 290 Å². The van der Waals surface area contributed by atoms with Crippen LogP contribution in [0.25, 0.3) is 0 Å². The summed E-state index contributed by atoms with van der Waals surface area (Å²) in [5.74, 6) is -0.912. The number of hydrogen-bond donors (Lipinski definition) is 0. The van der Waals surface area contributed by atoms with Crippen molar-refractivity contribution < 1.29 is 28.6 Å². The van der Waals surface area contributed by atoms with Gasteiger partial charge >= 0.3 is 17.9 Å². The Bertz CT molecular complexity index is 1270. The third-order valence-electron chi connectivity index (χ3n) is 12.5. The lowest BCUT2D eigenvalue weighted by Gasteiger charge is -2.18. The van der Waals surface area contributed by atoms with Crippen LogP contribution in [0, 0.1) is 0 Å². The molecule has 0 radical (unpaired) electrons. The van der Waals surface area contributed by atoms with Crippen molar-refractivity contribution >= 4 is 17.9 Å². The van der Waals surface area contributed by atoms with Crippen LogP contribution in [0.1, 0.15) is 284 Å². The number of hydrogen-bond acceptors (Lipinski definition) is 6. The number of carbonyl (C=O) groups excluding carboxylic acids is 3. The standard InChI is InChI=1S/C62H108O6/c1-4-7-10-13-16-19-22-25-28-30-31-32-35-37-40-43-46-49-52-55-61(64)67-58-59(57-66-60(63)54-51-48-45-42-39-36-33-27-24-21-18-15-12-9-6-3)68-62(65)56-53-50-47-44-41-38-34-29-26-23-20-17-14-11-8-5-2/h8,11,16-17,19-20,22,25-26,29,38,41,59H,4-7,9-10,12-15,18,21,23-24,27-28,30-37,39-40,42-58H2,1-3H3/b11-8-,19-16-,20-17-,25-22-,29-26-,41-38-. The van der Waals surface area contributed by atoms with Crippen molar-refractivity contribution in [2.24, 2.45) is 0 Å². The molecule has 0 aliphatic carbocycles. The highest BCUT2D eigenvalue weighted by Crippen LogP contribution is 2.16. The summed E-state index contributed by atoms with van der Waals surface area (Å²) in [6.45, 7) is 6.49. The minimum absolute atomic E-state index is 0.0870.